The Morgan fingerprint density at radius 1 is 1.21 bits per heavy atom. The van der Waals surface area contributed by atoms with Crippen molar-refractivity contribution in [2.75, 3.05) is 6.26 Å². The van der Waals surface area contributed by atoms with Crippen LogP contribution in [0.5, 0.6) is 5.88 Å². The number of halogens is 2. The van der Waals surface area contributed by atoms with Crippen LogP contribution in [0.25, 0.3) is 10.9 Å². The molecule has 3 heterocycles. The van der Waals surface area contributed by atoms with E-state index in [-0.39, 0.29) is 11.0 Å². The van der Waals surface area contributed by atoms with Crippen molar-refractivity contribution in [1.29, 1.82) is 0 Å². The number of benzene rings is 1. The van der Waals surface area contributed by atoms with E-state index in [0.717, 1.165) is 15.1 Å². The summed E-state index contributed by atoms with van der Waals surface area (Å²) in [5, 5.41) is 2.56. The molecular formula is C19H14ClFN2O3S2. The Kier molecular flexibility index (Phi) is 4.86. The maximum absolute atomic E-state index is 13.7. The Labute approximate surface area is 170 Å². The number of fused-ring (bicyclic) bond motifs is 1. The third-order valence-electron chi connectivity index (χ3n) is 4.13. The summed E-state index contributed by atoms with van der Waals surface area (Å²) in [5.41, 5.74) is 0.934. The third-order valence-corrected chi connectivity index (χ3v) is 6.40. The van der Waals surface area contributed by atoms with Gasteiger partial charge in [-0.3, -0.25) is 0 Å². The molecule has 0 amide bonds. The van der Waals surface area contributed by atoms with E-state index in [4.69, 9.17) is 16.3 Å². The molecule has 0 spiro atoms. The van der Waals surface area contributed by atoms with Crippen LogP contribution in [-0.4, -0.2) is 23.6 Å². The van der Waals surface area contributed by atoms with Gasteiger partial charge in [-0.1, -0.05) is 23.7 Å². The molecule has 4 aromatic rings. The second kappa shape index (κ2) is 7.20. The number of hydrogen-bond acceptors (Lipinski definition) is 5. The zero-order valence-corrected chi connectivity index (χ0v) is 16.9. The molecule has 1 unspecified atom stereocenters. The Balaban J connectivity index is 1.90. The normalized spacial score (nSPS) is 13.0. The van der Waals surface area contributed by atoms with Gasteiger partial charge in [-0.25, -0.2) is 21.8 Å². The summed E-state index contributed by atoms with van der Waals surface area (Å²) < 4.78 is 45.7. The summed E-state index contributed by atoms with van der Waals surface area (Å²) in [6.07, 6.45) is 1.96. The van der Waals surface area contributed by atoms with Crippen molar-refractivity contribution < 1.29 is 17.5 Å². The van der Waals surface area contributed by atoms with Crippen molar-refractivity contribution in [2.24, 2.45) is 0 Å². The number of nitrogens with zero attached hydrogens (tertiary/aromatic N) is 2. The van der Waals surface area contributed by atoms with Crippen LogP contribution >= 0.6 is 22.9 Å². The lowest BCUT2D eigenvalue weighted by molar-refractivity contribution is 0.239. The van der Waals surface area contributed by atoms with Crippen molar-refractivity contribution in [2.45, 2.75) is 6.10 Å². The average molecular weight is 437 g/mol. The topological polar surface area (TPSA) is 61.2 Å². The summed E-state index contributed by atoms with van der Waals surface area (Å²) in [6, 6.07) is 12.6. The lowest BCUT2D eigenvalue weighted by Gasteiger charge is -2.20. The first-order chi connectivity index (χ1) is 13.3. The Morgan fingerprint density at radius 3 is 2.71 bits per heavy atom. The van der Waals surface area contributed by atoms with E-state index >= 15 is 0 Å². The standard InChI is InChI=1S/C19H14ClFN2O3S2/c1-28(24,25)23-15-7-6-13(21)10-12(15)11-17(23)26-18(16-5-3-9-27-16)14-4-2-8-22-19(14)20/h2-11,18H,1H3. The van der Waals surface area contributed by atoms with E-state index in [1.165, 1.54) is 35.6 Å². The molecule has 0 bridgehead atoms. The van der Waals surface area contributed by atoms with Gasteiger partial charge in [0.25, 0.3) is 0 Å². The summed E-state index contributed by atoms with van der Waals surface area (Å²) in [7, 11) is -3.71. The highest BCUT2D eigenvalue weighted by molar-refractivity contribution is 7.89. The van der Waals surface area contributed by atoms with E-state index < -0.39 is 21.9 Å². The van der Waals surface area contributed by atoms with Crippen LogP contribution in [0.3, 0.4) is 0 Å². The minimum atomic E-state index is -3.71. The third kappa shape index (κ3) is 3.50. The molecule has 4 rings (SSSR count). The number of pyridine rings is 1. The second-order valence-corrected chi connectivity index (χ2v) is 9.28. The van der Waals surface area contributed by atoms with E-state index in [1.54, 1.807) is 18.3 Å². The predicted octanol–water partition coefficient (Wildman–Crippen LogP) is 4.87. The van der Waals surface area contributed by atoms with Crippen LogP contribution in [0.2, 0.25) is 5.15 Å². The second-order valence-electron chi connectivity index (χ2n) is 6.11. The molecule has 28 heavy (non-hydrogen) atoms. The first-order valence-corrected chi connectivity index (χ1v) is 11.3. The summed E-state index contributed by atoms with van der Waals surface area (Å²) in [4.78, 5) is 4.92. The summed E-state index contributed by atoms with van der Waals surface area (Å²) in [6.45, 7) is 0. The van der Waals surface area contributed by atoms with Gasteiger partial charge < -0.3 is 4.74 Å². The smallest absolute Gasteiger partial charge is 0.238 e. The SMILES string of the molecule is CS(=O)(=O)n1c(OC(c2cccs2)c2cccnc2Cl)cc2cc(F)ccc21. The van der Waals surface area contributed by atoms with Gasteiger partial charge in [0, 0.05) is 28.1 Å². The van der Waals surface area contributed by atoms with Crippen LogP contribution in [0.15, 0.2) is 60.1 Å². The highest BCUT2D eigenvalue weighted by atomic mass is 35.5. The van der Waals surface area contributed by atoms with Gasteiger partial charge in [-0.05, 0) is 35.7 Å². The molecule has 0 fully saturated rings. The van der Waals surface area contributed by atoms with Crippen LogP contribution in [0.1, 0.15) is 16.5 Å². The summed E-state index contributed by atoms with van der Waals surface area (Å²) in [5.74, 6) is -0.392. The van der Waals surface area contributed by atoms with Gasteiger partial charge in [0.2, 0.25) is 15.9 Å². The highest BCUT2D eigenvalue weighted by Gasteiger charge is 2.25. The molecule has 1 aromatic carbocycles. The molecule has 0 radical (unpaired) electrons. The van der Waals surface area contributed by atoms with Gasteiger partial charge >= 0.3 is 0 Å². The van der Waals surface area contributed by atoms with Gasteiger partial charge in [0.1, 0.15) is 11.0 Å². The average Bonchev–Trinajstić information content (AvgIpc) is 3.27. The molecule has 0 aliphatic rings. The van der Waals surface area contributed by atoms with Gasteiger partial charge in [0.05, 0.1) is 11.8 Å². The predicted molar refractivity (Wildman–Crippen MR) is 108 cm³/mol. The largest absolute Gasteiger partial charge is 0.464 e. The molecule has 0 aliphatic carbocycles. The fourth-order valence-electron chi connectivity index (χ4n) is 2.99. The number of ether oxygens (including phenoxy) is 1. The molecule has 0 saturated heterocycles. The van der Waals surface area contributed by atoms with Crippen molar-refractivity contribution in [3.63, 3.8) is 0 Å². The fourth-order valence-corrected chi connectivity index (χ4v) is 4.93. The molecule has 0 aliphatic heterocycles. The van der Waals surface area contributed by atoms with Gasteiger partial charge in [0.15, 0.2) is 6.10 Å². The fraction of sp³-hybridized carbons (Fsp3) is 0.105. The minimum Gasteiger partial charge on any atom is -0.464 e. The van der Waals surface area contributed by atoms with Gasteiger partial charge in [-0.15, -0.1) is 11.3 Å². The lowest BCUT2D eigenvalue weighted by atomic mass is 10.1. The Morgan fingerprint density at radius 2 is 2.04 bits per heavy atom. The van der Waals surface area contributed by atoms with Crippen molar-refractivity contribution in [3.8, 4) is 5.88 Å². The quantitative estimate of drug-likeness (QED) is 0.419. The molecule has 3 aromatic heterocycles. The number of thiophene rings is 1. The molecule has 144 valence electrons. The van der Waals surface area contributed by atoms with E-state index in [9.17, 15) is 12.8 Å². The highest BCUT2D eigenvalue weighted by Crippen LogP contribution is 2.37. The van der Waals surface area contributed by atoms with E-state index in [0.29, 0.717) is 16.5 Å². The summed E-state index contributed by atoms with van der Waals surface area (Å²) >= 11 is 7.72. The number of hydrogen-bond donors (Lipinski definition) is 0. The molecule has 1 atom stereocenters. The van der Waals surface area contributed by atoms with Crippen LogP contribution in [-0.2, 0) is 10.0 Å². The molecule has 0 saturated carbocycles. The van der Waals surface area contributed by atoms with E-state index in [1.807, 2.05) is 17.5 Å². The van der Waals surface area contributed by atoms with Crippen molar-refractivity contribution in [3.05, 3.63) is 81.5 Å². The van der Waals surface area contributed by atoms with Crippen LogP contribution in [0, 0.1) is 5.82 Å². The minimum absolute atomic E-state index is 0.0708. The van der Waals surface area contributed by atoms with E-state index in [2.05, 4.69) is 4.98 Å². The Hall–Kier alpha value is -2.42. The first-order valence-electron chi connectivity index (χ1n) is 8.16. The maximum Gasteiger partial charge on any atom is 0.238 e. The molecule has 0 N–H and O–H groups in total. The zero-order chi connectivity index (χ0) is 19.9. The zero-order valence-electron chi connectivity index (χ0n) is 14.5. The monoisotopic (exact) mass is 436 g/mol. The Bertz CT molecular complexity index is 1250. The lowest BCUT2D eigenvalue weighted by Crippen LogP contribution is -2.16. The molecule has 9 heteroatoms. The van der Waals surface area contributed by atoms with Crippen LogP contribution in [0.4, 0.5) is 4.39 Å². The van der Waals surface area contributed by atoms with Crippen molar-refractivity contribution in [1.82, 2.24) is 8.96 Å². The van der Waals surface area contributed by atoms with Crippen LogP contribution < -0.4 is 4.74 Å². The number of aromatic nitrogens is 2. The molecule has 5 nitrogen and oxygen atoms in total. The number of rotatable bonds is 5. The maximum atomic E-state index is 13.7. The molecular weight excluding hydrogens is 423 g/mol. The van der Waals surface area contributed by atoms with Crippen molar-refractivity contribution >= 4 is 43.9 Å². The first kappa shape index (κ1) is 18.9. The van der Waals surface area contributed by atoms with Gasteiger partial charge in [-0.2, -0.15) is 0 Å².